The molecule has 4 heteroatoms. The van der Waals surface area contributed by atoms with E-state index < -0.39 is 11.5 Å². The van der Waals surface area contributed by atoms with Gasteiger partial charge in [-0.05, 0) is 33.1 Å². The molecule has 93 valence electrons. The molecule has 0 spiro atoms. The molecule has 0 aromatic rings. The predicted octanol–water partition coefficient (Wildman–Crippen LogP) is 2.07. The highest BCUT2D eigenvalue weighted by Crippen LogP contribution is 2.21. The molecular weight excluding hydrogens is 208 g/mol. The van der Waals surface area contributed by atoms with Crippen LogP contribution in [0.2, 0.25) is 0 Å². The van der Waals surface area contributed by atoms with E-state index in [9.17, 15) is 9.59 Å². The quantitative estimate of drug-likeness (QED) is 0.627. The van der Waals surface area contributed by atoms with E-state index in [1.165, 1.54) is 6.47 Å². The van der Waals surface area contributed by atoms with Gasteiger partial charge in [0.1, 0.15) is 5.60 Å². The Balaban J connectivity index is 4.12. The zero-order valence-corrected chi connectivity index (χ0v) is 10.7. The molecule has 0 aliphatic rings. The van der Waals surface area contributed by atoms with Crippen molar-refractivity contribution >= 4 is 12.4 Å². The summed E-state index contributed by atoms with van der Waals surface area (Å²) in [5, 5.41) is 0. The fourth-order valence-corrected chi connectivity index (χ4v) is 1.000. The SMILES string of the molecule is CC(C)CCOC(=O)C(C)C(C)(C)O[C]=O. The highest BCUT2D eigenvalue weighted by Gasteiger charge is 2.34. The molecule has 0 fully saturated rings. The maximum Gasteiger partial charge on any atom is 0.418 e. The summed E-state index contributed by atoms with van der Waals surface area (Å²) in [4.78, 5) is 21.8. The second-order valence-electron chi connectivity index (χ2n) is 4.86. The van der Waals surface area contributed by atoms with Crippen LogP contribution in [0.3, 0.4) is 0 Å². The zero-order valence-electron chi connectivity index (χ0n) is 10.7. The molecule has 1 unspecified atom stereocenters. The number of carbonyl (C=O) groups excluding carboxylic acids is 2. The standard InChI is InChI=1S/C12H21O4/c1-9(2)6-7-15-11(14)10(3)12(4,5)16-8-13/h9-10H,6-7H2,1-5H3. The Hall–Kier alpha value is -1.06. The van der Waals surface area contributed by atoms with Crippen LogP contribution in [-0.4, -0.2) is 24.6 Å². The number of esters is 1. The fourth-order valence-electron chi connectivity index (χ4n) is 1.000. The van der Waals surface area contributed by atoms with Crippen molar-refractivity contribution in [3.8, 4) is 0 Å². The number of carbonyl (C=O) groups is 1. The van der Waals surface area contributed by atoms with Gasteiger partial charge in [-0.1, -0.05) is 13.8 Å². The molecule has 4 nitrogen and oxygen atoms in total. The van der Waals surface area contributed by atoms with Crippen LogP contribution < -0.4 is 0 Å². The van der Waals surface area contributed by atoms with Crippen LogP contribution in [-0.2, 0) is 19.1 Å². The third-order valence-electron chi connectivity index (χ3n) is 2.64. The van der Waals surface area contributed by atoms with E-state index >= 15 is 0 Å². The smallest absolute Gasteiger partial charge is 0.418 e. The van der Waals surface area contributed by atoms with Crippen molar-refractivity contribution in [1.29, 1.82) is 0 Å². The van der Waals surface area contributed by atoms with Crippen molar-refractivity contribution in [2.75, 3.05) is 6.61 Å². The predicted molar refractivity (Wildman–Crippen MR) is 60.4 cm³/mol. The second-order valence-corrected chi connectivity index (χ2v) is 4.86. The number of ether oxygens (including phenoxy) is 2. The lowest BCUT2D eigenvalue weighted by molar-refractivity contribution is -0.155. The van der Waals surface area contributed by atoms with Gasteiger partial charge in [-0.2, -0.15) is 0 Å². The van der Waals surface area contributed by atoms with Gasteiger partial charge in [-0.25, -0.2) is 4.79 Å². The highest BCUT2D eigenvalue weighted by molar-refractivity contribution is 5.73. The van der Waals surface area contributed by atoms with E-state index in [0.29, 0.717) is 12.5 Å². The normalized spacial score (nSPS) is 13.4. The monoisotopic (exact) mass is 229 g/mol. The van der Waals surface area contributed by atoms with Crippen molar-refractivity contribution < 1.29 is 19.1 Å². The Labute approximate surface area is 97.3 Å². The lowest BCUT2D eigenvalue weighted by atomic mass is 9.93. The summed E-state index contributed by atoms with van der Waals surface area (Å²) >= 11 is 0. The van der Waals surface area contributed by atoms with Crippen LogP contribution in [0.1, 0.15) is 41.0 Å². The molecule has 0 aromatic carbocycles. The number of rotatable bonds is 7. The van der Waals surface area contributed by atoms with Gasteiger partial charge < -0.3 is 9.47 Å². The van der Waals surface area contributed by atoms with Gasteiger partial charge in [0.05, 0.1) is 12.5 Å². The van der Waals surface area contributed by atoms with E-state index in [1.54, 1.807) is 20.8 Å². The van der Waals surface area contributed by atoms with Gasteiger partial charge in [0.25, 0.3) is 0 Å². The summed E-state index contributed by atoms with van der Waals surface area (Å²) in [7, 11) is 0. The maximum atomic E-state index is 11.6. The molecule has 0 heterocycles. The topological polar surface area (TPSA) is 52.6 Å². The van der Waals surface area contributed by atoms with Gasteiger partial charge in [0.2, 0.25) is 0 Å². The van der Waals surface area contributed by atoms with E-state index in [0.717, 1.165) is 6.42 Å². The van der Waals surface area contributed by atoms with Crippen LogP contribution in [0.15, 0.2) is 0 Å². The summed E-state index contributed by atoms with van der Waals surface area (Å²) < 4.78 is 9.83. The van der Waals surface area contributed by atoms with E-state index in [2.05, 4.69) is 13.8 Å². The Bertz CT molecular complexity index is 233. The summed E-state index contributed by atoms with van der Waals surface area (Å²) in [5.41, 5.74) is -0.878. The molecular formula is C12H21O4. The largest absolute Gasteiger partial charge is 0.465 e. The van der Waals surface area contributed by atoms with Crippen LogP contribution in [0.5, 0.6) is 0 Å². The van der Waals surface area contributed by atoms with Crippen molar-refractivity contribution in [2.45, 2.75) is 46.6 Å². The Kier molecular flexibility index (Phi) is 6.08. The number of hydrogen-bond acceptors (Lipinski definition) is 4. The summed E-state index contributed by atoms with van der Waals surface area (Å²) in [5.74, 6) is -0.349. The van der Waals surface area contributed by atoms with Crippen LogP contribution in [0, 0.1) is 11.8 Å². The summed E-state index contributed by atoms with van der Waals surface area (Å²) in [6.07, 6.45) is 0.833. The summed E-state index contributed by atoms with van der Waals surface area (Å²) in [6, 6.07) is 0. The molecule has 0 aliphatic heterocycles. The van der Waals surface area contributed by atoms with E-state index in [1.807, 2.05) is 0 Å². The first-order valence-corrected chi connectivity index (χ1v) is 5.53. The lowest BCUT2D eigenvalue weighted by Crippen LogP contribution is -2.38. The average molecular weight is 229 g/mol. The van der Waals surface area contributed by atoms with Crippen molar-refractivity contribution in [3.05, 3.63) is 0 Å². The fraction of sp³-hybridized carbons (Fsp3) is 0.833. The molecule has 0 amide bonds. The van der Waals surface area contributed by atoms with Crippen LogP contribution in [0.4, 0.5) is 0 Å². The van der Waals surface area contributed by atoms with Crippen molar-refractivity contribution in [2.24, 2.45) is 11.8 Å². The Morgan fingerprint density at radius 3 is 2.31 bits per heavy atom. The molecule has 0 bridgehead atoms. The number of hydrogen-bond donors (Lipinski definition) is 0. The minimum absolute atomic E-state index is 0.346. The third kappa shape index (κ3) is 5.14. The maximum absolute atomic E-state index is 11.6. The van der Waals surface area contributed by atoms with Gasteiger partial charge in [-0.15, -0.1) is 0 Å². The molecule has 1 radical (unpaired) electrons. The third-order valence-corrected chi connectivity index (χ3v) is 2.64. The van der Waals surface area contributed by atoms with Gasteiger partial charge in [0.15, 0.2) is 0 Å². The molecule has 0 N–H and O–H groups in total. The molecule has 0 saturated carbocycles. The Morgan fingerprint density at radius 1 is 1.31 bits per heavy atom. The molecule has 16 heavy (non-hydrogen) atoms. The minimum Gasteiger partial charge on any atom is -0.465 e. The first kappa shape index (κ1) is 14.9. The van der Waals surface area contributed by atoms with Crippen molar-refractivity contribution in [3.63, 3.8) is 0 Å². The highest BCUT2D eigenvalue weighted by atomic mass is 16.6. The van der Waals surface area contributed by atoms with Gasteiger partial charge >= 0.3 is 12.4 Å². The first-order chi connectivity index (χ1) is 7.31. The lowest BCUT2D eigenvalue weighted by Gasteiger charge is -2.27. The van der Waals surface area contributed by atoms with Gasteiger partial charge in [-0.3, -0.25) is 4.79 Å². The summed E-state index contributed by atoms with van der Waals surface area (Å²) in [6.45, 7) is 10.9. The molecule has 1 atom stereocenters. The molecule has 0 aliphatic carbocycles. The Morgan fingerprint density at radius 2 is 1.88 bits per heavy atom. The molecule has 0 aromatic heterocycles. The van der Waals surface area contributed by atoms with Crippen LogP contribution >= 0.6 is 0 Å². The van der Waals surface area contributed by atoms with Gasteiger partial charge in [0, 0.05) is 0 Å². The molecule has 0 rings (SSSR count). The van der Waals surface area contributed by atoms with Crippen molar-refractivity contribution in [1.82, 2.24) is 0 Å². The first-order valence-electron chi connectivity index (χ1n) is 5.53. The molecule has 0 saturated heterocycles. The van der Waals surface area contributed by atoms with Crippen LogP contribution in [0.25, 0.3) is 0 Å². The minimum atomic E-state index is -0.878. The second kappa shape index (κ2) is 6.51. The zero-order chi connectivity index (χ0) is 12.8. The average Bonchev–Trinajstić information content (AvgIpc) is 2.15. The van der Waals surface area contributed by atoms with E-state index in [-0.39, 0.29) is 5.97 Å². The van der Waals surface area contributed by atoms with E-state index in [4.69, 9.17) is 9.47 Å².